The van der Waals surface area contributed by atoms with Crippen molar-refractivity contribution < 1.29 is 9.47 Å². The zero-order chi connectivity index (χ0) is 10.9. The van der Waals surface area contributed by atoms with Crippen LogP contribution in [0.4, 0.5) is 0 Å². The van der Waals surface area contributed by atoms with Crippen LogP contribution in [0.1, 0.15) is 25.7 Å². The molecule has 2 unspecified atom stereocenters. The van der Waals surface area contributed by atoms with Crippen molar-refractivity contribution in [3.8, 4) is 0 Å². The van der Waals surface area contributed by atoms with Gasteiger partial charge in [-0.05, 0) is 32.2 Å². The molecule has 1 saturated heterocycles. The fourth-order valence-electron chi connectivity index (χ4n) is 1.79. The summed E-state index contributed by atoms with van der Waals surface area (Å²) in [4.78, 5) is 0. The van der Waals surface area contributed by atoms with Gasteiger partial charge < -0.3 is 20.5 Å². The number of nitrogens with one attached hydrogen (secondary N) is 1. The van der Waals surface area contributed by atoms with Crippen LogP contribution in [0.2, 0.25) is 0 Å². The molecule has 4 heteroatoms. The standard InChI is InChI=1S/C11H24N2O2/c1-14-8-5-10(12)9-13-6-4-11-3-2-7-15-11/h10-11,13H,2-9,12H2,1H3. The van der Waals surface area contributed by atoms with Gasteiger partial charge >= 0.3 is 0 Å². The van der Waals surface area contributed by atoms with Gasteiger partial charge in [-0.3, -0.25) is 0 Å². The first kappa shape index (κ1) is 12.9. The molecule has 4 nitrogen and oxygen atoms in total. The van der Waals surface area contributed by atoms with Gasteiger partial charge in [0.2, 0.25) is 0 Å². The molecule has 0 spiro atoms. The second-order valence-corrected chi connectivity index (χ2v) is 4.17. The summed E-state index contributed by atoms with van der Waals surface area (Å²) in [5, 5.41) is 3.36. The molecular weight excluding hydrogens is 192 g/mol. The summed E-state index contributed by atoms with van der Waals surface area (Å²) in [6, 6.07) is 0.203. The summed E-state index contributed by atoms with van der Waals surface area (Å²) in [5.74, 6) is 0. The van der Waals surface area contributed by atoms with Gasteiger partial charge in [0.25, 0.3) is 0 Å². The number of hydrogen-bond donors (Lipinski definition) is 2. The number of hydrogen-bond acceptors (Lipinski definition) is 4. The van der Waals surface area contributed by atoms with Crippen LogP contribution in [-0.2, 0) is 9.47 Å². The Labute approximate surface area is 92.5 Å². The van der Waals surface area contributed by atoms with Gasteiger partial charge in [0.15, 0.2) is 0 Å². The van der Waals surface area contributed by atoms with Crippen molar-refractivity contribution in [1.82, 2.24) is 5.32 Å². The smallest absolute Gasteiger partial charge is 0.0588 e. The summed E-state index contributed by atoms with van der Waals surface area (Å²) in [6.07, 6.45) is 4.95. The predicted molar refractivity (Wildman–Crippen MR) is 60.9 cm³/mol. The molecule has 0 aromatic carbocycles. The van der Waals surface area contributed by atoms with Gasteiger partial charge in [-0.2, -0.15) is 0 Å². The molecular formula is C11H24N2O2. The van der Waals surface area contributed by atoms with Crippen molar-refractivity contribution in [1.29, 1.82) is 0 Å². The van der Waals surface area contributed by atoms with Crippen LogP contribution < -0.4 is 11.1 Å². The normalized spacial score (nSPS) is 23.2. The van der Waals surface area contributed by atoms with E-state index in [0.29, 0.717) is 6.10 Å². The number of ether oxygens (including phenoxy) is 2. The summed E-state index contributed by atoms with van der Waals surface area (Å²) in [5.41, 5.74) is 5.88. The molecule has 1 aliphatic rings. The molecule has 0 aromatic heterocycles. The summed E-state index contributed by atoms with van der Waals surface area (Å²) < 4.78 is 10.5. The molecule has 2 atom stereocenters. The SMILES string of the molecule is COCCC(N)CNCCC1CCCO1. The van der Waals surface area contributed by atoms with E-state index in [1.165, 1.54) is 12.8 Å². The van der Waals surface area contributed by atoms with E-state index in [2.05, 4.69) is 5.32 Å². The van der Waals surface area contributed by atoms with Crippen molar-refractivity contribution in [2.24, 2.45) is 5.73 Å². The van der Waals surface area contributed by atoms with E-state index in [0.717, 1.165) is 39.1 Å². The van der Waals surface area contributed by atoms with Crippen LogP contribution in [0, 0.1) is 0 Å². The van der Waals surface area contributed by atoms with Crippen LogP contribution in [-0.4, -0.2) is 45.6 Å². The molecule has 90 valence electrons. The Morgan fingerprint density at radius 1 is 1.60 bits per heavy atom. The fourth-order valence-corrected chi connectivity index (χ4v) is 1.79. The lowest BCUT2D eigenvalue weighted by atomic mass is 10.2. The molecule has 0 bridgehead atoms. The highest BCUT2D eigenvalue weighted by molar-refractivity contribution is 4.68. The van der Waals surface area contributed by atoms with Gasteiger partial charge in [-0.25, -0.2) is 0 Å². The largest absolute Gasteiger partial charge is 0.385 e. The zero-order valence-electron chi connectivity index (χ0n) is 9.71. The summed E-state index contributed by atoms with van der Waals surface area (Å²) in [6.45, 7) is 3.56. The van der Waals surface area contributed by atoms with Crippen LogP contribution in [0.5, 0.6) is 0 Å². The molecule has 0 radical (unpaired) electrons. The third-order valence-corrected chi connectivity index (χ3v) is 2.77. The topological polar surface area (TPSA) is 56.5 Å². The molecule has 1 aliphatic heterocycles. The van der Waals surface area contributed by atoms with Crippen molar-refractivity contribution >= 4 is 0 Å². The Hall–Kier alpha value is -0.160. The molecule has 1 heterocycles. The van der Waals surface area contributed by atoms with Gasteiger partial charge in [-0.15, -0.1) is 0 Å². The van der Waals surface area contributed by atoms with Crippen molar-refractivity contribution in [2.45, 2.75) is 37.8 Å². The Kier molecular flexibility index (Phi) is 6.92. The van der Waals surface area contributed by atoms with Gasteiger partial charge in [0, 0.05) is 32.9 Å². The van der Waals surface area contributed by atoms with Gasteiger partial charge in [0.1, 0.15) is 0 Å². The monoisotopic (exact) mass is 216 g/mol. The average molecular weight is 216 g/mol. The maximum absolute atomic E-state index is 5.88. The summed E-state index contributed by atoms with van der Waals surface area (Å²) >= 11 is 0. The van der Waals surface area contributed by atoms with E-state index >= 15 is 0 Å². The number of nitrogens with two attached hydrogens (primary N) is 1. The zero-order valence-corrected chi connectivity index (χ0v) is 9.71. The van der Waals surface area contributed by atoms with Crippen LogP contribution in [0.3, 0.4) is 0 Å². The Morgan fingerprint density at radius 2 is 2.47 bits per heavy atom. The van der Waals surface area contributed by atoms with Crippen molar-refractivity contribution in [2.75, 3.05) is 33.4 Å². The second kappa shape index (κ2) is 8.05. The molecule has 15 heavy (non-hydrogen) atoms. The molecule has 1 rings (SSSR count). The quantitative estimate of drug-likeness (QED) is 0.580. The van der Waals surface area contributed by atoms with Crippen molar-refractivity contribution in [3.05, 3.63) is 0 Å². The van der Waals surface area contributed by atoms with E-state index in [1.54, 1.807) is 7.11 Å². The van der Waals surface area contributed by atoms with Gasteiger partial charge in [-0.1, -0.05) is 0 Å². The molecule has 1 fully saturated rings. The van der Waals surface area contributed by atoms with E-state index in [9.17, 15) is 0 Å². The van der Waals surface area contributed by atoms with Crippen molar-refractivity contribution in [3.63, 3.8) is 0 Å². The lowest BCUT2D eigenvalue weighted by Gasteiger charge is -2.13. The molecule has 0 aromatic rings. The fraction of sp³-hybridized carbons (Fsp3) is 1.00. The molecule has 0 aliphatic carbocycles. The average Bonchev–Trinajstić information content (AvgIpc) is 2.74. The van der Waals surface area contributed by atoms with E-state index in [4.69, 9.17) is 15.2 Å². The predicted octanol–water partition coefficient (Wildman–Crippen LogP) is 0.509. The Balaban J connectivity index is 1.87. The number of rotatable bonds is 8. The highest BCUT2D eigenvalue weighted by Crippen LogP contribution is 2.14. The molecule has 0 amide bonds. The Morgan fingerprint density at radius 3 is 3.13 bits per heavy atom. The number of methoxy groups -OCH3 is 1. The maximum Gasteiger partial charge on any atom is 0.0588 e. The highest BCUT2D eigenvalue weighted by Gasteiger charge is 2.14. The first-order valence-electron chi connectivity index (χ1n) is 5.89. The second-order valence-electron chi connectivity index (χ2n) is 4.17. The van der Waals surface area contributed by atoms with Crippen LogP contribution in [0.25, 0.3) is 0 Å². The minimum Gasteiger partial charge on any atom is -0.385 e. The first-order valence-corrected chi connectivity index (χ1v) is 5.89. The van der Waals surface area contributed by atoms with Crippen LogP contribution in [0.15, 0.2) is 0 Å². The minimum atomic E-state index is 0.203. The lowest BCUT2D eigenvalue weighted by molar-refractivity contribution is 0.104. The maximum atomic E-state index is 5.88. The summed E-state index contributed by atoms with van der Waals surface area (Å²) in [7, 11) is 1.71. The third-order valence-electron chi connectivity index (χ3n) is 2.77. The molecule has 0 saturated carbocycles. The Bertz CT molecular complexity index is 150. The minimum absolute atomic E-state index is 0.203. The van der Waals surface area contributed by atoms with Gasteiger partial charge in [0.05, 0.1) is 6.10 Å². The van der Waals surface area contributed by atoms with E-state index in [-0.39, 0.29) is 6.04 Å². The van der Waals surface area contributed by atoms with Crippen LogP contribution >= 0.6 is 0 Å². The molecule has 3 N–H and O–H groups in total. The lowest BCUT2D eigenvalue weighted by Crippen LogP contribution is -2.35. The highest BCUT2D eigenvalue weighted by atomic mass is 16.5. The van der Waals surface area contributed by atoms with E-state index < -0.39 is 0 Å². The first-order chi connectivity index (χ1) is 7.33. The third kappa shape index (κ3) is 6.10. The van der Waals surface area contributed by atoms with E-state index in [1.807, 2.05) is 0 Å².